The lowest BCUT2D eigenvalue weighted by atomic mass is 9.90. The number of Topliss-reactive ketones (excluding diaryl/α,β-unsaturated/α-hetero) is 1. The highest BCUT2D eigenvalue weighted by Gasteiger charge is 2.23. The van der Waals surface area contributed by atoms with Crippen molar-refractivity contribution < 1.29 is 22.7 Å². The maximum absolute atomic E-state index is 12.3. The Morgan fingerprint density at radius 1 is 1.12 bits per heavy atom. The molecule has 2 aromatic rings. The SMILES string of the molecule is NS(=O)(=O)c1ccsc1C(=O)OCC(=O)c1ccc2c(c1)CCCC2. The van der Waals surface area contributed by atoms with Crippen molar-refractivity contribution in [3.8, 4) is 0 Å². The standard InChI is InChI=1S/C17H17NO5S2/c18-25(21,22)15-7-8-24-16(15)17(20)23-10-14(19)13-6-5-11-3-1-2-4-12(11)9-13/h5-9H,1-4,10H2,(H2,18,21,22). The molecule has 0 fully saturated rings. The number of hydrogen-bond donors (Lipinski definition) is 1. The van der Waals surface area contributed by atoms with E-state index in [1.807, 2.05) is 12.1 Å². The quantitative estimate of drug-likeness (QED) is 0.634. The molecule has 0 amide bonds. The van der Waals surface area contributed by atoms with Gasteiger partial charge in [-0.1, -0.05) is 12.1 Å². The van der Waals surface area contributed by atoms with Gasteiger partial charge < -0.3 is 4.74 Å². The highest BCUT2D eigenvalue weighted by atomic mass is 32.2. The average molecular weight is 379 g/mol. The smallest absolute Gasteiger partial charge is 0.350 e. The number of nitrogens with two attached hydrogens (primary N) is 1. The summed E-state index contributed by atoms with van der Waals surface area (Å²) in [7, 11) is -4.01. The molecule has 0 spiro atoms. The number of hydrogen-bond acceptors (Lipinski definition) is 6. The van der Waals surface area contributed by atoms with E-state index in [1.165, 1.54) is 17.0 Å². The van der Waals surface area contributed by atoms with Gasteiger partial charge in [0.2, 0.25) is 10.0 Å². The van der Waals surface area contributed by atoms with Crippen molar-refractivity contribution in [1.29, 1.82) is 0 Å². The van der Waals surface area contributed by atoms with Crippen molar-refractivity contribution >= 4 is 33.1 Å². The molecular formula is C17H17NO5S2. The lowest BCUT2D eigenvalue weighted by molar-refractivity contribution is 0.0476. The molecule has 1 aliphatic rings. The van der Waals surface area contributed by atoms with E-state index >= 15 is 0 Å². The predicted octanol–water partition coefficient (Wildman–Crippen LogP) is 2.31. The molecule has 0 saturated heterocycles. The molecule has 6 nitrogen and oxygen atoms in total. The maximum atomic E-state index is 12.3. The molecular weight excluding hydrogens is 362 g/mol. The molecule has 0 atom stereocenters. The number of benzene rings is 1. The molecule has 0 unspecified atom stereocenters. The van der Waals surface area contributed by atoms with Crippen molar-refractivity contribution in [2.24, 2.45) is 5.14 Å². The molecule has 2 N–H and O–H groups in total. The molecule has 0 radical (unpaired) electrons. The third-order valence-corrected chi connectivity index (χ3v) is 6.10. The molecule has 1 aromatic carbocycles. The fourth-order valence-electron chi connectivity index (χ4n) is 2.86. The summed E-state index contributed by atoms with van der Waals surface area (Å²) in [4.78, 5) is 23.9. The van der Waals surface area contributed by atoms with Gasteiger partial charge in [-0.05, 0) is 54.3 Å². The Morgan fingerprint density at radius 2 is 1.84 bits per heavy atom. The Hall–Kier alpha value is -2.03. The predicted molar refractivity (Wildman–Crippen MR) is 93.4 cm³/mol. The molecule has 1 aliphatic carbocycles. The number of fused-ring (bicyclic) bond motifs is 1. The van der Waals surface area contributed by atoms with E-state index in [4.69, 9.17) is 9.88 Å². The number of sulfonamides is 1. The van der Waals surface area contributed by atoms with E-state index in [0.717, 1.165) is 42.6 Å². The first-order chi connectivity index (χ1) is 11.9. The van der Waals surface area contributed by atoms with Crippen LogP contribution in [0, 0.1) is 0 Å². The fraction of sp³-hybridized carbons (Fsp3) is 0.294. The van der Waals surface area contributed by atoms with E-state index < -0.39 is 22.6 Å². The molecule has 3 rings (SSSR count). The van der Waals surface area contributed by atoms with Gasteiger partial charge in [0.05, 0.1) is 0 Å². The van der Waals surface area contributed by atoms with Crippen molar-refractivity contribution in [2.45, 2.75) is 30.6 Å². The number of ether oxygens (including phenoxy) is 1. The van der Waals surface area contributed by atoms with Crippen LogP contribution in [-0.2, 0) is 27.6 Å². The lowest BCUT2D eigenvalue weighted by Crippen LogP contribution is -2.18. The first-order valence-electron chi connectivity index (χ1n) is 7.78. The van der Waals surface area contributed by atoms with Crippen LogP contribution in [0.5, 0.6) is 0 Å². The summed E-state index contributed by atoms with van der Waals surface area (Å²) < 4.78 is 27.8. The van der Waals surface area contributed by atoms with E-state index in [2.05, 4.69) is 0 Å². The topological polar surface area (TPSA) is 104 Å². The molecule has 132 valence electrons. The summed E-state index contributed by atoms with van der Waals surface area (Å²) in [6.07, 6.45) is 4.23. The highest BCUT2D eigenvalue weighted by molar-refractivity contribution is 7.89. The number of rotatable bonds is 5. The molecule has 1 heterocycles. The third-order valence-electron chi connectivity index (χ3n) is 4.13. The second kappa shape index (κ2) is 7.07. The van der Waals surface area contributed by atoms with Crippen LogP contribution in [0.2, 0.25) is 0 Å². The zero-order valence-electron chi connectivity index (χ0n) is 13.4. The van der Waals surface area contributed by atoms with Gasteiger partial charge in [0.25, 0.3) is 0 Å². The fourth-order valence-corrected chi connectivity index (χ4v) is 4.72. The second-order valence-electron chi connectivity index (χ2n) is 5.85. The van der Waals surface area contributed by atoms with Gasteiger partial charge in [0.1, 0.15) is 9.77 Å². The molecule has 25 heavy (non-hydrogen) atoms. The van der Waals surface area contributed by atoms with Gasteiger partial charge in [-0.3, -0.25) is 4.79 Å². The number of thiophene rings is 1. The Labute approximate surface area is 149 Å². The molecule has 0 saturated carbocycles. The van der Waals surface area contributed by atoms with Crippen molar-refractivity contribution in [2.75, 3.05) is 6.61 Å². The minimum absolute atomic E-state index is 0.124. The minimum atomic E-state index is -4.01. The number of ketones is 1. The second-order valence-corrected chi connectivity index (χ2v) is 8.29. The Balaban J connectivity index is 1.69. The van der Waals surface area contributed by atoms with E-state index in [-0.39, 0.29) is 15.6 Å². The van der Waals surface area contributed by atoms with Gasteiger partial charge in [0, 0.05) is 5.56 Å². The lowest BCUT2D eigenvalue weighted by Gasteiger charge is -2.16. The summed E-state index contributed by atoms with van der Waals surface area (Å²) in [6.45, 7) is -0.445. The van der Waals surface area contributed by atoms with E-state index in [0.29, 0.717) is 5.56 Å². The van der Waals surface area contributed by atoms with Gasteiger partial charge in [-0.25, -0.2) is 18.4 Å². The Morgan fingerprint density at radius 3 is 2.56 bits per heavy atom. The van der Waals surface area contributed by atoms with Gasteiger partial charge in [-0.15, -0.1) is 11.3 Å². The Kier molecular flexibility index (Phi) is 5.03. The van der Waals surface area contributed by atoms with Crippen LogP contribution in [0.25, 0.3) is 0 Å². The zero-order valence-corrected chi connectivity index (χ0v) is 15.0. The van der Waals surface area contributed by atoms with Crippen molar-refractivity contribution in [3.05, 3.63) is 51.2 Å². The number of esters is 1. The number of aryl methyl sites for hydroxylation is 2. The van der Waals surface area contributed by atoms with E-state index in [1.54, 1.807) is 6.07 Å². The molecule has 1 aromatic heterocycles. The van der Waals surface area contributed by atoms with E-state index in [9.17, 15) is 18.0 Å². The maximum Gasteiger partial charge on any atom is 0.350 e. The molecule has 0 aliphatic heterocycles. The van der Waals surface area contributed by atoms with Crippen LogP contribution in [0.3, 0.4) is 0 Å². The van der Waals surface area contributed by atoms with Crippen LogP contribution in [0.15, 0.2) is 34.5 Å². The normalized spacial score (nSPS) is 14.0. The first kappa shape index (κ1) is 17.8. The third kappa shape index (κ3) is 3.97. The number of carbonyl (C=O) groups is 2. The summed E-state index contributed by atoms with van der Waals surface area (Å²) in [5.41, 5.74) is 2.92. The van der Waals surface area contributed by atoms with Gasteiger partial charge in [-0.2, -0.15) is 0 Å². The first-order valence-corrected chi connectivity index (χ1v) is 10.2. The van der Waals surface area contributed by atoms with Gasteiger partial charge >= 0.3 is 5.97 Å². The number of carbonyl (C=O) groups excluding carboxylic acids is 2. The average Bonchev–Trinajstić information content (AvgIpc) is 3.09. The summed E-state index contributed by atoms with van der Waals surface area (Å²) in [5.74, 6) is -1.19. The van der Waals surface area contributed by atoms with Gasteiger partial charge in [0.15, 0.2) is 12.4 Å². The summed E-state index contributed by atoms with van der Waals surface area (Å²) in [6, 6.07) is 6.77. The largest absolute Gasteiger partial charge is 0.453 e. The van der Waals surface area contributed by atoms with Crippen LogP contribution in [0.4, 0.5) is 0 Å². The minimum Gasteiger partial charge on any atom is -0.453 e. The monoisotopic (exact) mass is 379 g/mol. The summed E-state index contributed by atoms with van der Waals surface area (Å²) in [5, 5.41) is 6.49. The molecule has 8 heteroatoms. The summed E-state index contributed by atoms with van der Waals surface area (Å²) >= 11 is 0.906. The highest BCUT2D eigenvalue weighted by Crippen LogP contribution is 2.23. The molecule has 0 bridgehead atoms. The van der Waals surface area contributed by atoms with Crippen LogP contribution in [0.1, 0.15) is 44.0 Å². The Bertz CT molecular complexity index is 930. The van der Waals surface area contributed by atoms with Crippen molar-refractivity contribution in [3.63, 3.8) is 0 Å². The van der Waals surface area contributed by atoms with Crippen LogP contribution in [-0.4, -0.2) is 26.8 Å². The van der Waals surface area contributed by atoms with Crippen LogP contribution < -0.4 is 5.14 Å². The zero-order chi connectivity index (χ0) is 18.0. The van der Waals surface area contributed by atoms with Crippen molar-refractivity contribution in [1.82, 2.24) is 0 Å². The number of primary sulfonamides is 1. The van der Waals surface area contributed by atoms with Crippen LogP contribution >= 0.6 is 11.3 Å².